The summed E-state index contributed by atoms with van der Waals surface area (Å²) < 4.78 is 31.2. The van der Waals surface area contributed by atoms with E-state index in [1.54, 1.807) is 0 Å². The summed E-state index contributed by atoms with van der Waals surface area (Å²) in [5.74, 6) is 0. The van der Waals surface area contributed by atoms with Crippen molar-refractivity contribution >= 4 is 0 Å². The van der Waals surface area contributed by atoms with Crippen LogP contribution in [0.25, 0.3) is 0 Å². The highest BCUT2D eigenvalue weighted by molar-refractivity contribution is 5.15. The van der Waals surface area contributed by atoms with Gasteiger partial charge in [0, 0.05) is 0 Å². The minimum atomic E-state index is -1.05. The zero-order valence-electron chi connectivity index (χ0n) is 21.9. The molecule has 0 spiro atoms. The molecule has 0 aliphatic carbocycles. The van der Waals surface area contributed by atoms with Gasteiger partial charge in [0.1, 0.15) is 24.4 Å². The fourth-order valence-electron chi connectivity index (χ4n) is 4.27. The van der Waals surface area contributed by atoms with Crippen LogP contribution in [-0.2, 0) is 43.5 Å². The summed E-state index contributed by atoms with van der Waals surface area (Å²) in [7, 11) is 0. The molecule has 0 unspecified atom stereocenters. The quantitative estimate of drug-likeness (QED) is 0.382. The SMILES string of the molecule is CC(C)(C)O[C@H]1O[C@H](COCc2ccccc2)[C@H](OCc2ccccc2)[C@H](OCc2ccccc2)[C@@H]1O. The molecular weight excluding hydrogens is 468 g/mol. The first kappa shape index (κ1) is 27.5. The van der Waals surface area contributed by atoms with Crippen LogP contribution in [-0.4, -0.2) is 48.0 Å². The molecule has 37 heavy (non-hydrogen) atoms. The van der Waals surface area contributed by atoms with Crippen molar-refractivity contribution in [1.29, 1.82) is 0 Å². The van der Waals surface area contributed by atoms with Gasteiger partial charge in [0.25, 0.3) is 0 Å². The molecule has 0 aromatic heterocycles. The van der Waals surface area contributed by atoms with Crippen LogP contribution < -0.4 is 0 Å². The van der Waals surface area contributed by atoms with E-state index in [1.807, 2.05) is 112 Å². The summed E-state index contributed by atoms with van der Waals surface area (Å²) in [6, 6.07) is 29.8. The Balaban J connectivity index is 1.54. The van der Waals surface area contributed by atoms with Crippen LogP contribution in [0.5, 0.6) is 0 Å². The lowest BCUT2D eigenvalue weighted by atomic mass is 9.97. The summed E-state index contributed by atoms with van der Waals surface area (Å²) in [6.07, 6.45) is -3.70. The highest BCUT2D eigenvalue weighted by Crippen LogP contribution is 2.31. The van der Waals surface area contributed by atoms with Gasteiger partial charge in [0.15, 0.2) is 6.29 Å². The van der Waals surface area contributed by atoms with Crippen molar-refractivity contribution in [3.63, 3.8) is 0 Å². The van der Waals surface area contributed by atoms with Gasteiger partial charge in [-0.1, -0.05) is 91.0 Å². The Morgan fingerprint density at radius 3 is 1.62 bits per heavy atom. The van der Waals surface area contributed by atoms with Gasteiger partial charge in [-0.2, -0.15) is 0 Å². The summed E-state index contributed by atoms with van der Waals surface area (Å²) in [5.41, 5.74) is 2.58. The fraction of sp³-hybridized carbons (Fsp3) is 0.419. The average Bonchev–Trinajstić information content (AvgIpc) is 2.90. The Hall–Kier alpha value is -2.58. The van der Waals surface area contributed by atoms with Crippen LogP contribution >= 0.6 is 0 Å². The summed E-state index contributed by atoms with van der Waals surface area (Å²) >= 11 is 0. The molecule has 0 amide bonds. The molecular formula is C31H38O6. The van der Waals surface area contributed by atoms with Gasteiger partial charge in [-0.25, -0.2) is 0 Å². The fourth-order valence-corrected chi connectivity index (χ4v) is 4.27. The van der Waals surface area contributed by atoms with E-state index >= 15 is 0 Å². The van der Waals surface area contributed by atoms with Crippen molar-refractivity contribution in [2.24, 2.45) is 0 Å². The predicted octanol–water partition coefficient (Wildman–Crippen LogP) is 5.27. The largest absolute Gasteiger partial charge is 0.385 e. The summed E-state index contributed by atoms with van der Waals surface area (Å²) in [4.78, 5) is 0. The number of hydrogen-bond acceptors (Lipinski definition) is 6. The first-order valence-corrected chi connectivity index (χ1v) is 12.8. The molecule has 6 heteroatoms. The van der Waals surface area contributed by atoms with Crippen molar-refractivity contribution in [3.05, 3.63) is 108 Å². The van der Waals surface area contributed by atoms with Gasteiger partial charge in [0.2, 0.25) is 0 Å². The van der Waals surface area contributed by atoms with Crippen molar-refractivity contribution < 1.29 is 28.8 Å². The van der Waals surface area contributed by atoms with Gasteiger partial charge in [-0.3, -0.25) is 0 Å². The normalized spacial score (nSPS) is 24.2. The Morgan fingerprint density at radius 1 is 0.676 bits per heavy atom. The first-order valence-electron chi connectivity index (χ1n) is 12.8. The minimum absolute atomic E-state index is 0.260. The van der Waals surface area contributed by atoms with Crippen molar-refractivity contribution in [1.82, 2.24) is 0 Å². The Bertz CT molecular complexity index is 1040. The molecule has 1 fully saturated rings. The van der Waals surface area contributed by atoms with Gasteiger partial charge >= 0.3 is 0 Å². The minimum Gasteiger partial charge on any atom is -0.385 e. The second-order valence-corrected chi connectivity index (χ2v) is 10.3. The van der Waals surface area contributed by atoms with Crippen LogP contribution in [0, 0.1) is 0 Å². The molecule has 198 valence electrons. The molecule has 0 radical (unpaired) electrons. The zero-order chi connectivity index (χ0) is 26.1. The van der Waals surface area contributed by atoms with Crippen LogP contribution in [0.3, 0.4) is 0 Å². The van der Waals surface area contributed by atoms with Gasteiger partial charge in [-0.15, -0.1) is 0 Å². The van der Waals surface area contributed by atoms with Crippen LogP contribution in [0.15, 0.2) is 91.0 Å². The molecule has 0 saturated carbocycles. The van der Waals surface area contributed by atoms with E-state index in [1.165, 1.54) is 0 Å². The first-order chi connectivity index (χ1) is 17.9. The van der Waals surface area contributed by atoms with Gasteiger partial charge in [0.05, 0.1) is 32.0 Å². The average molecular weight is 507 g/mol. The molecule has 1 heterocycles. The van der Waals surface area contributed by atoms with E-state index in [0.717, 1.165) is 16.7 Å². The second kappa shape index (κ2) is 13.3. The summed E-state index contributed by atoms with van der Waals surface area (Å²) in [5, 5.41) is 11.4. The van der Waals surface area contributed by atoms with E-state index in [0.29, 0.717) is 19.8 Å². The third-order valence-corrected chi connectivity index (χ3v) is 6.05. The van der Waals surface area contributed by atoms with E-state index in [9.17, 15) is 5.11 Å². The molecule has 4 rings (SSSR count). The second-order valence-electron chi connectivity index (χ2n) is 10.3. The Labute approximate surface area is 220 Å². The van der Waals surface area contributed by atoms with Crippen LogP contribution in [0.1, 0.15) is 37.5 Å². The third-order valence-electron chi connectivity index (χ3n) is 6.05. The molecule has 1 saturated heterocycles. The van der Waals surface area contributed by atoms with Crippen molar-refractivity contribution in [3.8, 4) is 0 Å². The topological polar surface area (TPSA) is 66.4 Å². The van der Waals surface area contributed by atoms with E-state index < -0.39 is 36.3 Å². The lowest BCUT2D eigenvalue weighted by molar-refractivity contribution is -0.335. The van der Waals surface area contributed by atoms with Crippen molar-refractivity contribution in [2.75, 3.05) is 6.61 Å². The Kier molecular flexibility index (Phi) is 9.86. The molecule has 1 aliphatic rings. The monoisotopic (exact) mass is 506 g/mol. The number of rotatable bonds is 11. The van der Waals surface area contributed by atoms with Gasteiger partial charge < -0.3 is 28.8 Å². The lowest BCUT2D eigenvalue weighted by Gasteiger charge is -2.45. The smallest absolute Gasteiger partial charge is 0.187 e. The maximum absolute atomic E-state index is 11.4. The van der Waals surface area contributed by atoms with Crippen LogP contribution in [0.2, 0.25) is 0 Å². The molecule has 5 atom stereocenters. The Morgan fingerprint density at radius 2 is 1.14 bits per heavy atom. The van der Waals surface area contributed by atoms with Gasteiger partial charge in [-0.05, 0) is 37.5 Å². The maximum atomic E-state index is 11.4. The molecule has 3 aromatic rings. The molecule has 3 aromatic carbocycles. The lowest BCUT2D eigenvalue weighted by Crippen LogP contribution is -2.61. The standard InChI is InChI=1S/C31H38O6/c1-31(2,3)37-30-27(32)29(35-21-25-17-11-6-12-18-25)28(34-20-24-15-9-5-10-16-24)26(36-30)22-33-19-23-13-7-4-8-14-23/h4-18,26-30,32H,19-22H2,1-3H3/t26-,27+,28+,29-,30-/m1/s1. The maximum Gasteiger partial charge on any atom is 0.187 e. The van der Waals surface area contributed by atoms with Crippen molar-refractivity contribution in [2.45, 2.75) is 76.9 Å². The van der Waals surface area contributed by atoms with E-state index in [2.05, 4.69) is 0 Å². The molecule has 1 N–H and O–H groups in total. The highest BCUT2D eigenvalue weighted by Gasteiger charge is 2.48. The summed E-state index contributed by atoms with van der Waals surface area (Å²) in [6.45, 7) is 7.18. The van der Waals surface area contributed by atoms with Crippen LogP contribution in [0.4, 0.5) is 0 Å². The number of aliphatic hydroxyl groups is 1. The number of aliphatic hydroxyl groups excluding tert-OH is 1. The number of benzene rings is 3. The zero-order valence-corrected chi connectivity index (χ0v) is 21.9. The molecule has 0 bridgehead atoms. The third kappa shape index (κ3) is 8.47. The molecule has 6 nitrogen and oxygen atoms in total. The van der Waals surface area contributed by atoms with E-state index in [4.69, 9.17) is 23.7 Å². The highest BCUT2D eigenvalue weighted by atomic mass is 16.7. The molecule has 1 aliphatic heterocycles. The van der Waals surface area contributed by atoms with E-state index in [-0.39, 0.29) is 6.61 Å². The predicted molar refractivity (Wildman–Crippen MR) is 142 cm³/mol. The number of hydrogen-bond donors (Lipinski definition) is 1. The number of ether oxygens (including phenoxy) is 5.